The van der Waals surface area contributed by atoms with E-state index in [0.717, 1.165) is 47.8 Å². The molecule has 194 valence electrons. The number of sulfonamides is 1. The number of nitrogens with one attached hydrogen (secondary N) is 1. The number of hydrogen-bond acceptors (Lipinski definition) is 5. The zero-order valence-corrected chi connectivity index (χ0v) is 22.0. The maximum atomic E-state index is 14.1. The molecule has 0 radical (unpaired) electrons. The molecule has 4 aromatic rings. The number of benzene rings is 2. The van der Waals surface area contributed by atoms with Gasteiger partial charge in [0.1, 0.15) is 0 Å². The van der Waals surface area contributed by atoms with Gasteiger partial charge in [-0.1, -0.05) is 42.5 Å². The van der Waals surface area contributed by atoms with Crippen molar-refractivity contribution >= 4 is 20.8 Å². The molecule has 0 spiro atoms. The Balaban J connectivity index is 1.38. The average molecular weight is 526 g/mol. The smallest absolute Gasteiger partial charge is 0.243 e. The highest BCUT2D eigenvalue weighted by Crippen LogP contribution is 2.33. The van der Waals surface area contributed by atoms with Gasteiger partial charge in [0.05, 0.1) is 23.5 Å². The topological polar surface area (TPSA) is 82.2 Å². The zero-order chi connectivity index (χ0) is 26.0. The van der Waals surface area contributed by atoms with Crippen LogP contribution >= 0.6 is 0 Å². The van der Waals surface area contributed by atoms with E-state index in [1.807, 2.05) is 24.4 Å². The first-order valence-corrected chi connectivity index (χ1v) is 14.5. The van der Waals surface area contributed by atoms with Gasteiger partial charge in [-0.2, -0.15) is 4.31 Å². The summed E-state index contributed by atoms with van der Waals surface area (Å²) in [5.74, 6) is 0. The maximum Gasteiger partial charge on any atom is 0.243 e. The van der Waals surface area contributed by atoms with E-state index in [0.29, 0.717) is 24.5 Å². The molecule has 2 aromatic carbocycles. The first kappa shape index (κ1) is 24.6. The van der Waals surface area contributed by atoms with Crippen molar-refractivity contribution in [2.24, 2.45) is 0 Å². The molecule has 1 N–H and O–H groups in total. The Kier molecular flexibility index (Phi) is 6.82. The summed E-state index contributed by atoms with van der Waals surface area (Å²) in [6.45, 7) is 1.47. The van der Waals surface area contributed by atoms with Gasteiger partial charge in [0, 0.05) is 48.8 Å². The lowest BCUT2D eigenvalue weighted by atomic mass is 9.99. The van der Waals surface area contributed by atoms with Crippen LogP contribution in [0.3, 0.4) is 0 Å². The van der Waals surface area contributed by atoms with Crippen LogP contribution in [-0.2, 0) is 23.0 Å². The van der Waals surface area contributed by atoms with Gasteiger partial charge in [-0.15, -0.1) is 0 Å². The number of rotatable bonds is 7. The lowest BCUT2D eigenvalue weighted by molar-refractivity contribution is 0.215. The van der Waals surface area contributed by atoms with Gasteiger partial charge < -0.3 is 9.88 Å². The lowest BCUT2D eigenvalue weighted by Gasteiger charge is -2.35. The van der Waals surface area contributed by atoms with Crippen LogP contribution in [-0.4, -0.2) is 51.7 Å². The second kappa shape index (κ2) is 10.6. The summed E-state index contributed by atoms with van der Waals surface area (Å²) in [6, 6.07) is 17.6. The standard InChI is InChI=1S/C30H31N5O2S/c36-38(37,29-13-11-25-17-31-15-14-24(25)16-29)34-19-26-8-4-5-9-30(26)35(20-27-18-32-22-33-27)28(21-34)12-10-23-6-2-1-3-7-23/h1-3,5-7,9,11,13-18,22,28H,4,8,10,12,19-21H2,(H,32,33). The number of fused-ring (bicyclic) bond motifs is 1. The van der Waals surface area contributed by atoms with Crippen molar-refractivity contribution in [2.45, 2.75) is 43.2 Å². The maximum absolute atomic E-state index is 14.1. The number of allylic oxidation sites excluding steroid dienone is 2. The largest absolute Gasteiger partial charge is 0.361 e. The molecule has 38 heavy (non-hydrogen) atoms. The second-order valence-electron chi connectivity index (χ2n) is 9.99. The molecule has 0 bridgehead atoms. The van der Waals surface area contributed by atoms with Crippen LogP contribution in [0, 0.1) is 0 Å². The number of aromatic nitrogens is 3. The Labute approximate surface area is 223 Å². The number of pyridine rings is 1. The molecule has 0 saturated heterocycles. The fourth-order valence-corrected chi connectivity index (χ4v) is 7.02. The highest BCUT2D eigenvalue weighted by molar-refractivity contribution is 7.89. The molecule has 3 heterocycles. The Morgan fingerprint density at radius 2 is 1.89 bits per heavy atom. The Morgan fingerprint density at radius 1 is 1.00 bits per heavy atom. The SMILES string of the molecule is O=S(=O)(c1ccc2cnccc2c1)N1CC2=C(C=CCC2)N(Cc2cnc[nH]2)C(CCc2ccccc2)C1. The van der Waals surface area contributed by atoms with Crippen molar-refractivity contribution < 1.29 is 8.42 Å². The van der Waals surface area contributed by atoms with Crippen molar-refractivity contribution in [3.63, 3.8) is 0 Å². The van der Waals surface area contributed by atoms with Gasteiger partial charge >= 0.3 is 0 Å². The van der Waals surface area contributed by atoms with Gasteiger partial charge in [-0.25, -0.2) is 13.4 Å². The summed E-state index contributed by atoms with van der Waals surface area (Å²) in [6.07, 6.45) is 14.9. The van der Waals surface area contributed by atoms with Gasteiger partial charge in [0.25, 0.3) is 0 Å². The van der Waals surface area contributed by atoms with Gasteiger partial charge in [0.2, 0.25) is 10.0 Å². The Morgan fingerprint density at radius 3 is 2.74 bits per heavy atom. The minimum absolute atomic E-state index is 0.00631. The van der Waals surface area contributed by atoms with Crippen LogP contribution < -0.4 is 0 Å². The molecule has 0 amide bonds. The zero-order valence-electron chi connectivity index (χ0n) is 21.2. The molecule has 6 rings (SSSR count). The number of nitrogens with zero attached hydrogens (tertiary/aromatic N) is 4. The lowest BCUT2D eigenvalue weighted by Crippen LogP contribution is -2.43. The Bertz CT molecular complexity index is 1580. The quantitative estimate of drug-likeness (QED) is 0.364. The molecular weight excluding hydrogens is 494 g/mol. The summed E-state index contributed by atoms with van der Waals surface area (Å²) >= 11 is 0. The van der Waals surface area contributed by atoms with E-state index in [-0.39, 0.29) is 6.04 Å². The minimum Gasteiger partial charge on any atom is -0.361 e. The number of imidazole rings is 1. The number of aryl methyl sites for hydroxylation is 1. The predicted molar refractivity (Wildman–Crippen MR) is 149 cm³/mol. The normalized spacial score (nSPS) is 18.5. The fourth-order valence-electron chi connectivity index (χ4n) is 5.51. The molecule has 0 saturated carbocycles. The van der Waals surface area contributed by atoms with E-state index in [4.69, 9.17) is 0 Å². The van der Waals surface area contributed by atoms with Crippen molar-refractivity contribution in [2.75, 3.05) is 13.1 Å². The summed E-state index contributed by atoms with van der Waals surface area (Å²) in [7, 11) is -3.72. The highest BCUT2D eigenvalue weighted by atomic mass is 32.2. The molecular formula is C30H31N5O2S. The van der Waals surface area contributed by atoms with Crippen LogP contribution in [0.1, 0.15) is 30.5 Å². The van der Waals surface area contributed by atoms with Crippen LogP contribution in [0.25, 0.3) is 10.8 Å². The van der Waals surface area contributed by atoms with Crippen molar-refractivity contribution in [1.29, 1.82) is 0 Å². The summed E-state index contributed by atoms with van der Waals surface area (Å²) < 4.78 is 30.0. The third-order valence-corrected chi connectivity index (χ3v) is 9.34. The van der Waals surface area contributed by atoms with Crippen LogP contribution in [0.4, 0.5) is 0 Å². The Hall–Kier alpha value is -3.75. The van der Waals surface area contributed by atoms with Crippen LogP contribution in [0.2, 0.25) is 0 Å². The van der Waals surface area contributed by atoms with Crippen molar-refractivity contribution in [1.82, 2.24) is 24.2 Å². The first-order chi connectivity index (χ1) is 18.6. The third kappa shape index (κ3) is 5.01. The van der Waals surface area contributed by atoms with Gasteiger partial charge in [-0.05, 0) is 66.5 Å². The molecule has 2 aliphatic rings. The van der Waals surface area contributed by atoms with E-state index in [9.17, 15) is 8.42 Å². The van der Waals surface area contributed by atoms with E-state index in [2.05, 4.69) is 56.3 Å². The van der Waals surface area contributed by atoms with E-state index < -0.39 is 10.0 Å². The molecule has 8 heteroatoms. The average Bonchev–Trinajstić information content (AvgIpc) is 3.41. The molecule has 1 atom stereocenters. The third-order valence-electron chi connectivity index (χ3n) is 7.54. The van der Waals surface area contributed by atoms with Crippen LogP contribution in [0.15, 0.2) is 108 Å². The number of aromatic amines is 1. The van der Waals surface area contributed by atoms with E-state index >= 15 is 0 Å². The highest BCUT2D eigenvalue weighted by Gasteiger charge is 2.35. The van der Waals surface area contributed by atoms with Crippen LogP contribution in [0.5, 0.6) is 0 Å². The van der Waals surface area contributed by atoms with Crippen molar-refractivity contribution in [3.05, 3.63) is 114 Å². The van der Waals surface area contributed by atoms with E-state index in [1.54, 1.807) is 35.2 Å². The van der Waals surface area contributed by atoms with Crippen molar-refractivity contribution in [3.8, 4) is 0 Å². The van der Waals surface area contributed by atoms with Gasteiger partial charge in [-0.3, -0.25) is 4.98 Å². The second-order valence-corrected chi connectivity index (χ2v) is 11.9. The molecule has 2 aromatic heterocycles. The molecule has 1 aliphatic carbocycles. The monoisotopic (exact) mass is 525 g/mol. The summed E-state index contributed by atoms with van der Waals surface area (Å²) in [5, 5.41) is 1.80. The molecule has 7 nitrogen and oxygen atoms in total. The number of H-pyrrole nitrogens is 1. The first-order valence-electron chi connectivity index (χ1n) is 13.1. The molecule has 1 aliphatic heterocycles. The fraction of sp³-hybridized carbons (Fsp3) is 0.267. The molecule has 0 fully saturated rings. The number of hydrogen-bond donors (Lipinski definition) is 1. The van der Waals surface area contributed by atoms with Gasteiger partial charge in [0.15, 0.2) is 0 Å². The predicted octanol–water partition coefficient (Wildman–Crippen LogP) is 5.07. The summed E-state index contributed by atoms with van der Waals surface area (Å²) in [5.41, 5.74) is 4.58. The summed E-state index contributed by atoms with van der Waals surface area (Å²) in [4.78, 5) is 14.3. The minimum atomic E-state index is -3.72. The van der Waals surface area contributed by atoms with E-state index in [1.165, 1.54) is 11.1 Å². The molecule has 1 unspecified atom stereocenters.